The predicted molar refractivity (Wildman–Crippen MR) is 110 cm³/mol. The number of aryl methyl sites for hydroxylation is 1. The first-order valence-electron chi connectivity index (χ1n) is 10.7. The van der Waals surface area contributed by atoms with Crippen LogP contribution in [0.15, 0.2) is 12.3 Å². The lowest BCUT2D eigenvalue weighted by Crippen LogP contribution is -2.49. The second kappa shape index (κ2) is 7.99. The molecule has 160 valence electrons. The molecule has 4 heterocycles. The van der Waals surface area contributed by atoms with Gasteiger partial charge >= 0.3 is 6.09 Å². The van der Waals surface area contributed by atoms with E-state index in [1.807, 2.05) is 29.0 Å². The molecule has 3 aliphatic heterocycles. The molecule has 0 radical (unpaired) electrons. The summed E-state index contributed by atoms with van der Waals surface area (Å²) in [6.45, 7) is 7.61. The molecule has 1 N–H and O–H groups in total. The molecule has 0 saturated carbocycles. The molecule has 1 aromatic heterocycles. The Hall–Kier alpha value is -2.06. The van der Waals surface area contributed by atoms with Gasteiger partial charge in [0.1, 0.15) is 11.3 Å². The Morgan fingerprint density at radius 1 is 1.28 bits per heavy atom. The van der Waals surface area contributed by atoms with Crippen LogP contribution in [0.5, 0.6) is 0 Å². The van der Waals surface area contributed by atoms with Crippen LogP contribution in [0.2, 0.25) is 0 Å². The van der Waals surface area contributed by atoms with Gasteiger partial charge in [0, 0.05) is 57.8 Å². The van der Waals surface area contributed by atoms with E-state index >= 15 is 0 Å². The van der Waals surface area contributed by atoms with E-state index < -0.39 is 5.60 Å². The van der Waals surface area contributed by atoms with E-state index in [-0.39, 0.29) is 12.0 Å². The summed E-state index contributed by atoms with van der Waals surface area (Å²) in [4.78, 5) is 36.6. The molecule has 8 nitrogen and oxygen atoms in total. The first-order chi connectivity index (χ1) is 13.8. The number of aromatic amines is 1. The molecule has 3 fully saturated rings. The molecule has 29 heavy (non-hydrogen) atoms. The number of H-pyrrole nitrogens is 1. The quantitative estimate of drug-likeness (QED) is 0.804. The standard InChI is InChI=1S/C21H33N5O3/c1-16-12-18(22-13-16)19(27)25-8-5-21(6-9-25)15-26(20(28)29-21)11-10-24-7-4-17(14-24)23(2)3/h12-13,17,22H,4-11,14-15H2,1-3H3/t17-/m0/s1. The summed E-state index contributed by atoms with van der Waals surface area (Å²) in [5, 5.41) is 0. The molecule has 1 spiro atoms. The fourth-order valence-corrected chi connectivity index (χ4v) is 4.74. The molecule has 4 rings (SSSR count). The molecule has 0 aromatic carbocycles. The van der Waals surface area contributed by atoms with Crippen molar-refractivity contribution in [1.29, 1.82) is 0 Å². The van der Waals surface area contributed by atoms with Gasteiger partial charge in [0.05, 0.1) is 6.54 Å². The number of likely N-dealkylation sites (tertiary alicyclic amines) is 2. The van der Waals surface area contributed by atoms with Crippen molar-refractivity contribution in [3.05, 3.63) is 23.5 Å². The van der Waals surface area contributed by atoms with Crippen LogP contribution in [-0.2, 0) is 4.74 Å². The molecule has 0 bridgehead atoms. The summed E-state index contributed by atoms with van der Waals surface area (Å²) < 4.78 is 5.83. The van der Waals surface area contributed by atoms with Crippen LogP contribution in [0.3, 0.4) is 0 Å². The van der Waals surface area contributed by atoms with Crippen LogP contribution in [0.25, 0.3) is 0 Å². The Labute approximate surface area is 172 Å². The zero-order valence-corrected chi connectivity index (χ0v) is 17.8. The summed E-state index contributed by atoms with van der Waals surface area (Å²) in [7, 11) is 4.26. The van der Waals surface area contributed by atoms with Gasteiger partial charge in [-0.25, -0.2) is 4.79 Å². The highest BCUT2D eigenvalue weighted by Gasteiger charge is 2.47. The normalized spacial score (nSPS) is 24.7. The molecule has 2 amide bonds. The van der Waals surface area contributed by atoms with Crippen molar-refractivity contribution in [3.8, 4) is 0 Å². The van der Waals surface area contributed by atoms with Crippen LogP contribution in [-0.4, -0.2) is 108 Å². The lowest BCUT2D eigenvalue weighted by Gasteiger charge is -2.37. The molecule has 1 atom stereocenters. The fourth-order valence-electron chi connectivity index (χ4n) is 4.74. The Balaban J connectivity index is 1.26. The topological polar surface area (TPSA) is 72.1 Å². The van der Waals surface area contributed by atoms with Gasteiger partial charge in [-0.3, -0.25) is 9.69 Å². The van der Waals surface area contributed by atoms with Crippen molar-refractivity contribution in [2.24, 2.45) is 0 Å². The number of nitrogens with one attached hydrogen (secondary N) is 1. The van der Waals surface area contributed by atoms with E-state index in [0.717, 1.165) is 25.2 Å². The van der Waals surface area contributed by atoms with E-state index in [9.17, 15) is 9.59 Å². The predicted octanol–water partition coefficient (Wildman–Crippen LogP) is 1.39. The average Bonchev–Trinajstić information content (AvgIpc) is 3.40. The van der Waals surface area contributed by atoms with Crippen LogP contribution >= 0.6 is 0 Å². The van der Waals surface area contributed by atoms with Crippen molar-refractivity contribution < 1.29 is 14.3 Å². The number of likely N-dealkylation sites (N-methyl/N-ethyl adjacent to an activating group) is 1. The van der Waals surface area contributed by atoms with Gasteiger partial charge in [-0.1, -0.05) is 0 Å². The maximum atomic E-state index is 12.6. The number of nitrogens with zero attached hydrogens (tertiary/aromatic N) is 4. The molecule has 0 unspecified atom stereocenters. The van der Waals surface area contributed by atoms with Crippen molar-refractivity contribution in [1.82, 2.24) is 24.6 Å². The molecule has 3 aliphatic rings. The first kappa shape index (κ1) is 20.2. The lowest BCUT2D eigenvalue weighted by molar-refractivity contribution is 0.00297. The molecular formula is C21H33N5O3. The Bertz CT molecular complexity index is 753. The number of rotatable bonds is 5. The minimum atomic E-state index is -0.434. The molecule has 1 aromatic rings. The highest BCUT2D eigenvalue weighted by Crippen LogP contribution is 2.33. The van der Waals surface area contributed by atoms with Gasteiger partial charge in [0.2, 0.25) is 0 Å². The van der Waals surface area contributed by atoms with E-state index in [1.165, 1.54) is 6.42 Å². The lowest BCUT2D eigenvalue weighted by atomic mass is 9.91. The number of amides is 2. The SMILES string of the molecule is Cc1c[nH]c(C(=O)N2CCC3(CC2)CN(CCN2CC[C@H](N(C)C)C2)C(=O)O3)c1. The summed E-state index contributed by atoms with van der Waals surface area (Å²) in [6.07, 6.45) is 4.23. The van der Waals surface area contributed by atoms with Gasteiger partial charge < -0.3 is 24.4 Å². The van der Waals surface area contributed by atoms with Crippen molar-refractivity contribution >= 4 is 12.0 Å². The molecule has 0 aliphatic carbocycles. The smallest absolute Gasteiger partial charge is 0.410 e. The maximum absolute atomic E-state index is 12.6. The van der Waals surface area contributed by atoms with Crippen molar-refractivity contribution in [3.63, 3.8) is 0 Å². The second-order valence-electron chi connectivity index (χ2n) is 9.06. The summed E-state index contributed by atoms with van der Waals surface area (Å²) in [6, 6.07) is 2.49. The van der Waals surface area contributed by atoms with E-state index in [2.05, 4.69) is 28.9 Å². The number of carbonyl (C=O) groups is 2. The van der Waals surface area contributed by atoms with Gasteiger partial charge in [0.15, 0.2) is 0 Å². The van der Waals surface area contributed by atoms with Crippen LogP contribution in [0.1, 0.15) is 35.3 Å². The average molecular weight is 404 g/mol. The number of hydrogen-bond acceptors (Lipinski definition) is 5. The largest absolute Gasteiger partial charge is 0.441 e. The number of aromatic nitrogens is 1. The van der Waals surface area contributed by atoms with Gasteiger partial charge in [-0.05, 0) is 45.6 Å². The molecular weight excluding hydrogens is 370 g/mol. The van der Waals surface area contributed by atoms with Gasteiger partial charge in [-0.15, -0.1) is 0 Å². The van der Waals surface area contributed by atoms with E-state index in [0.29, 0.717) is 50.8 Å². The third kappa shape index (κ3) is 4.28. The third-order valence-electron chi connectivity index (χ3n) is 6.72. The monoisotopic (exact) mass is 403 g/mol. The van der Waals surface area contributed by atoms with Crippen LogP contribution in [0, 0.1) is 6.92 Å². The third-order valence-corrected chi connectivity index (χ3v) is 6.72. The Kier molecular flexibility index (Phi) is 5.57. The van der Waals surface area contributed by atoms with Crippen molar-refractivity contribution in [2.45, 2.75) is 37.8 Å². The number of hydrogen-bond donors (Lipinski definition) is 1. The van der Waals surface area contributed by atoms with E-state index in [4.69, 9.17) is 4.74 Å². The summed E-state index contributed by atoms with van der Waals surface area (Å²) in [5.74, 6) is 0.0265. The highest BCUT2D eigenvalue weighted by atomic mass is 16.6. The minimum Gasteiger partial charge on any atom is -0.441 e. The van der Waals surface area contributed by atoms with Crippen molar-refractivity contribution in [2.75, 3.05) is 59.9 Å². The van der Waals surface area contributed by atoms with Crippen LogP contribution < -0.4 is 0 Å². The Morgan fingerprint density at radius 2 is 2.03 bits per heavy atom. The fraction of sp³-hybridized carbons (Fsp3) is 0.714. The second-order valence-corrected chi connectivity index (χ2v) is 9.06. The summed E-state index contributed by atoms with van der Waals surface area (Å²) in [5.41, 5.74) is 1.25. The molecule has 8 heteroatoms. The Morgan fingerprint density at radius 3 is 2.66 bits per heavy atom. The highest BCUT2D eigenvalue weighted by molar-refractivity contribution is 5.92. The first-order valence-corrected chi connectivity index (χ1v) is 10.7. The number of piperidine rings is 1. The molecule has 3 saturated heterocycles. The zero-order valence-electron chi connectivity index (χ0n) is 17.8. The minimum absolute atomic E-state index is 0.0265. The van der Waals surface area contributed by atoms with Crippen LogP contribution in [0.4, 0.5) is 4.79 Å². The maximum Gasteiger partial charge on any atom is 0.410 e. The zero-order chi connectivity index (χ0) is 20.6. The number of carbonyl (C=O) groups excluding carboxylic acids is 2. The van der Waals surface area contributed by atoms with Gasteiger partial charge in [0.25, 0.3) is 5.91 Å². The van der Waals surface area contributed by atoms with Gasteiger partial charge in [-0.2, -0.15) is 0 Å². The van der Waals surface area contributed by atoms with E-state index in [1.54, 1.807) is 0 Å². The number of ether oxygens (including phenoxy) is 1. The summed E-state index contributed by atoms with van der Waals surface area (Å²) >= 11 is 0.